The lowest BCUT2D eigenvalue weighted by Crippen LogP contribution is -2.04. The van der Waals surface area contributed by atoms with Crippen LogP contribution in [0.5, 0.6) is 11.5 Å². The van der Waals surface area contributed by atoms with Crippen molar-refractivity contribution in [1.29, 1.82) is 0 Å². The van der Waals surface area contributed by atoms with Crippen molar-refractivity contribution in [1.82, 2.24) is 0 Å². The molecule has 2 aromatic carbocycles. The number of rotatable bonds is 3. The van der Waals surface area contributed by atoms with Gasteiger partial charge in [0.15, 0.2) is 11.6 Å². The number of aromatic carboxylic acids is 1. The Morgan fingerprint density at radius 3 is 2.68 bits per heavy atom. The van der Waals surface area contributed by atoms with E-state index >= 15 is 0 Å². The molecule has 0 heterocycles. The highest BCUT2D eigenvalue weighted by molar-refractivity contribution is 6.30. The Kier molecular flexibility index (Phi) is 3.57. The molecule has 0 saturated carbocycles. The van der Waals surface area contributed by atoms with E-state index in [0.717, 1.165) is 12.1 Å². The van der Waals surface area contributed by atoms with Crippen LogP contribution >= 0.6 is 11.6 Å². The molecule has 0 amide bonds. The second-order valence-corrected chi connectivity index (χ2v) is 4.17. The van der Waals surface area contributed by atoms with E-state index in [0.29, 0.717) is 10.8 Å². The molecule has 3 N–H and O–H groups in total. The van der Waals surface area contributed by atoms with Crippen molar-refractivity contribution >= 4 is 23.3 Å². The van der Waals surface area contributed by atoms with Gasteiger partial charge in [-0.25, -0.2) is 9.18 Å². The van der Waals surface area contributed by atoms with Gasteiger partial charge >= 0.3 is 5.97 Å². The highest BCUT2D eigenvalue weighted by Gasteiger charge is 2.14. The zero-order valence-corrected chi connectivity index (χ0v) is 10.3. The number of carboxylic acids is 1. The molecule has 2 aromatic rings. The summed E-state index contributed by atoms with van der Waals surface area (Å²) in [5.41, 5.74) is 5.02. The average Bonchev–Trinajstić information content (AvgIpc) is 2.32. The number of nitrogen functional groups attached to an aromatic ring is 1. The molecule has 6 heteroatoms. The van der Waals surface area contributed by atoms with Gasteiger partial charge in [-0.15, -0.1) is 0 Å². The molecular formula is C13H9ClFNO3. The summed E-state index contributed by atoms with van der Waals surface area (Å²) in [6.45, 7) is 0. The van der Waals surface area contributed by atoms with Crippen LogP contribution in [0.25, 0.3) is 0 Å². The zero-order valence-electron chi connectivity index (χ0n) is 9.56. The Hall–Kier alpha value is -2.27. The third-order valence-electron chi connectivity index (χ3n) is 2.36. The van der Waals surface area contributed by atoms with E-state index in [1.165, 1.54) is 6.07 Å². The fraction of sp³-hybridized carbons (Fsp3) is 0. The van der Waals surface area contributed by atoms with Crippen LogP contribution in [0.4, 0.5) is 10.1 Å². The number of carboxylic acid groups (broad SMARTS) is 1. The predicted molar refractivity (Wildman–Crippen MR) is 69.3 cm³/mol. The second-order valence-electron chi connectivity index (χ2n) is 3.73. The Labute approximate surface area is 113 Å². The van der Waals surface area contributed by atoms with Crippen molar-refractivity contribution in [2.75, 3.05) is 5.73 Å². The minimum atomic E-state index is -1.26. The number of nitrogens with two attached hydrogens (primary N) is 1. The molecule has 0 atom stereocenters. The van der Waals surface area contributed by atoms with Crippen LogP contribution in [0.3, 0.4) is 0 Å². The van der Waals surface area contributed by atoms with Crippen LogP contribution in [-0.2, 0) is 0 Å². The van der Waals surface area contributed by atoms with E-state index in [-0.39, 0.29) is 17.0 Å². The SMILES string of the molecule is Nc1cc(F)c(Oc2cccc(Cl)c2)cc1C(=O)O. The van der Waals surface area contributed by atoms with Gasteiger partial charge in [0, 0.05) is 22.8 Å². The molecule has 19 heavy (non-hydrogen) atoms. The van der Waals surface area contributed by atoms with Crippen molar-refractivity contribution in [3.63, 3.8) is 0 Å². The van der Waals surface area contributed by atoms with E-state index in [1.54, 1.807) is 18.2 Å². The summed E-state index contributed by atoms with van der Waals surface area (Å²) in [5.74, 6) is -1.93. The standard InChI is InChI=1S/C13H9ClFNO3/c14-7-2-1-3-8(4-7)19-12-5-9(13(17)18)11(16)6-10(12)15/h1-6H,16H2,(H,17,18). The number of hydrogen-bond donors (Lipinski definition) is 2. The maximum Gasteiger partial charge on any atom is 0.337 e. The van der Waals surface area contributed by atoms with Crippen molar-refractivity contribution in [3.8, 4) is 11.5 Å². The van der Waals surface area contributed by atoms with E-state index in [1.807, 2.05) is 0 Å². The molecule has 0 unspecified atom stereocenters. The molecule has 2 rings (SSSR count). The van der Waals surface area contributed by atoms with Crippen molar-refractivity contribution in [2.45, 2.75) is 0 Å². The van der Waals surface area contributed by atoms with Gasteiger partial charge in [-0.3, -0.25) is 0 Å². The molecule has 0 aromatic heterocycles. The van der Waals surface area contributed by atoms with Gasteiger partial charge in [0.05, 0.1) is 5.56 Å². The lowest BCUT2D eigenvalue weighted by Gasteiger charge is -2.09. The van der Waals surface area contributed by atoms with Crippen molar-refractivity contribution < 1.29 is 19.0 Å². The molecule has 4 nitrogen and oxygen atoms in total. The van der Waals surface area contributed by atoms with Gasteiger partial charge in [-0.1, -0.05) is 17.7 Å². The maximum absolute atomic E-state index is 13.6. The summed E-state index contributed by atoms with van der Waals surface area (Å²) in [7, 11) is 0. The quantitative estimate of drug-likeness (QED) is 0.844. The van der Waals surface area contributed by atoms with Crippen LogP contribution in [0.1, 0.15) is 10.4 Å². The molecular weight excluding hydrogens is 273 g/mol. The van der Waals surface area contributed by atoms with Crippen LogP contribution < -0.4 is 10.5 Å². The Balaban J connectivity index is 2.40. The zero-order chi connectivity index (χ0) is 14.0. The highest BCUT2D eigenvalue weighted by Crippen LogP contribution is 2.29. The molecule has 98 valence electrons. The van der Waals surface area contributed by atoms with Crippen LogP contribution in [0.15, 0.2) is 36.4 Å². The summed E-state index contributed by atoms with van der Waals surface area (Å²) in [6, 6.07) is 8.26. The monoisotopic (exact) mass is 281 g/mol. The van der Waals surface area contributed by atoms with Gasteiger partial charge < -0.3 is 15.6 Å². The lowest BCUT2D eigenvalue weighted by atomic mass is 10.1. The van der Waals surface area contributed by atoms with Gasteiger partial charge in [0.25, 0.3) is 0 Å². The largest absolute Gasteiger partial charge is 0.478 e. The molecule has 0 aliphatic rings. The first-order valence-electron chi connectivity index (χ1n) is 5.23. The number of benzene rings is 2. The highest BCUT2D eigenvalue weighted by atomic mass is 35.5. The number of ether oxygens (including phenoxy) is 1. The fourth-order valence-electron chi connectivity index (χ4n) is 1.49. The van der Waals surface area contributed by atoms with E-state index in [4.69, 9.17) is 27.2 Å². The smallest absolute Gasteiger partial charge is 0.337 e. The van der Waals surface area contributed by atoms with Crippen LogP contribution in [-0.4, -0.2) is 11.1 Å². The van der Waals surface area contributed by atoms with Crippen molar-refractivity contribution in [3.05, 3.63) is 52.8 Å². The number of hydrogen-bond acceptors (Lipinski definition) is 3. The molecule has 0 spiro atoms. The lowest BCUT2D eigenvalue weighted by molar-refractivity contribution is 0.0697. The molecule has 0 bridgehead atoms. The van der Waals surface area contributed by atoms with Crippen LogP contribution in [0.2, 0.25) is 5.02 Å². The van der Waals surface area contributed by atoms with Crippen molar-refractivity contribution in [2.24, 2.45) is 0 Å². The molecule has 0 radical (unpaired) electrons. The van der Waals surface area contributed by atoms with Crippen LogP contribution in [0, 0.1) is 5.82 Å². The molecule has 0 fully saturated rings. The molecule has 0 saturated heterocycles. The first-order chi connectivity index (χ1) is 8.97. The minimum absolute atomic E-state index is 0.163. The number of anilines is 1. The third kappa shape index (κ3) is 2.95. The minimum Gasteiger partial charge on any atom is -0.478 e. The number of halogens is 2. The normalized spacial score (nSPS) is 10.2. The topological polar surface area (TPSA) is 72.5 Å². The Morgan fingerprint density at radius 2 is 2.05 bits per heavy atom. The first-order valence-corrected chi connectivity index (χ1v) is 5.61. The average molecular weight is 282 g/mol. The third-order valence-corrected chi connectivity index (χ3v) is 2.59. The maximum atomic E-state index is 13.6. The predicted octanol–water partition coefficient (Wildman–Crippen LogP) is 3.55. The summed E-state index contributed by atoms with van der Waals surface area (Å²) in [5, 5.41) is 9.34. The summed E-state index contributed by atoms with van der Waals surface area (Å²) >= 11 is 5.77. The summed E-state index contributed by atoms with van der Waals surface area (Å²) in [4.78, 5) is 10.9. The molecule has 0 aliphatic carbocycles. The summed E-state index contributed by atoms with van der Waals surface area (Å²) < 4.78 is 18.9. The van der Waals surface area contributed by atoms with E-state index in [9.17, 15) is 9.18 Å². The fourth-order valence-corrected chi connectivity index (χ4v) is 1.67. The Morgan fingerprint density at radius 1 is 1.32 bits per heavy atom. The second kappa shape index (κ2) is 5.16. The van der Waals surface area contributed by atoms with E-state index in [2.05, 4.69) is 0 Å². The number of carbonyl (C=O) groups is 1. The first kappa shape index (κ1) is 13.2. The Bertz CT molecular complexity index is 646. The van der Waals surface area contributed by atoms with Gasteiger partial charge in [0.1, 0.15) is 5.75 Å². The molecule has 0 aliphatic heterocycles. The van der Waals surface area contributed by atoms with Gasteiger partial charge in [0.2, 0.25) is 0 Å². The summed E-state index contributed by atoms with van der Waals surface area (Å²) in [6.07, 6.45) is 0. The van der Waals surface area contributed by atoms with Gasteiger partial charge in [-0.2, -0.15) is 0 Å². The van der Waals surface area contributed by atoms with Gasteiger partial charge in [-0.05, 0) is 18.2 Å². The van der Waals surface area contributed by atoms with E-state index < -0.39 is 11.8 Å².